The number of hydrogen-bond donors (Lipinski definition) is 3. The monoisotopic (exact) mass is 496 g/mol. The van der Waals surface area contributed by atoms with Crippen LogP contribution in [0, 0.1) is 0 Å². The van der Waals surface area contributed by atoms with Crippen LogP contribution in [0.5, 0.6) is 17.4 Å². The number of amides is 1. The molecule has 0 saturated heterocycles. The Morgan fingerprint density at radius 1 is 1.20 bits per heavy atom. The van der Waals surface area contributed by atoms with E-state index in [-0.39, 0.29) is 22.8 Å². The minimum atomic E-state index is -0.322. The second kappa shape index (κ2) is 12.6. The number of nitrogens with zero attached hydrogens (tertiary/aromatic N) is 3. The van der Waals surface area contributed by atoms with Crippen molar-refractivity contribution < 1.29 is 14.3 Å². The fourth-order valence-electron chi connectivity index (χ4n) is 3.08. The molecule has 1 aromatic heterocycles. The summed E-state index contributed by atoms with van der Waals surface area (Å²) in [6, 6.07) is 12.6. The van der Waals surface area contributed by atoms with Gasteiger partial charge >= 0.3 is 0 Å². The lowest BCUT2D eigenvalue weighted by Gasteiger charge is -2.14. The molecule has 184 valence electrons. The molecule has 0 atom stereocenters. The molecule has 0 fully saturated rings. The molecule has 0 aliphatic rings. The predicted octanol–water partition coefficient (Wildman–Crippen LogP) is 5.16. The summed E-state index contributed by atoms with van der Waals surface area (Å²) in [7, 11) is 5.71. The standard InChI is InChI=1S/C25H29ClN6O3/c1-5-23(33)29-18-8-6-9-19(14-18)35-24-20(26)16-28-25(31-24)30-21-11-10-17(15-22(21)34-4)27-12-7-13-32(2)3/h5-6,8-11,14-16,27H,1,7,12-13H2,2-4H3,(H,29,33)(H,28,30,31). The third kappa shape index (κ3) is 7.87. The molecule has 3 rings (SSSR count). The highest BCUT2D eigenvalue weighted by molar-refractivity contribution is 6.31. The van der Waals surface area contributed by atoms with E-state index in [4.69, 9.17) is 21.1 Å². The highest BCUT2D eigenvalue weighted by Gasteiger charge is 2.12. The van der Waals surface area contributed by atoms with Crippen molar-refractivity contribution in [3.63, 3.8) is 0 Å². The molecule has 0 aliphatic carbocycles. The number of hydrogen-bond acceptors (Lipinski definition) is 8. The lowest BCUT2D eigenvalue weighted by atomic mass is 10.2. The van der Waals surface area contributed by atoms with Gasteiger partial charge in [-0.2, -0.15) is 4.98 Å². The van der Waals surface area contributed by atoms with Crippen LogP contribution < -0.4 is 25.4 Å². The molecular weight excluding hydrogens is 468 g/mol. The zero-order chi connectivity index (χ0) is 25.2. The van der Waals surface area contributed by atoms with Crippen LogP contribution in [0.4, 0.5) is 23.0 Å². The van der Waals surface area contributed by atoms with E-state index in [1.807, 2.05) is 18.2 Å². The number of anilines is 4. The lowest BCUT2D eigenvalue weighted by molar-refractivity contribution is -0.111. The van der Waals surface area contributed by atoms with Crippen LogP contribution in [0.15, 0.2) is 61.3 Å². The Balaban J connectivity index is 1.71. The van der Waals surface area contributed by atoms with Crippen molar-refractivity contribution in [2.24, 2.45) is 0 Å². The van der Waals surface area contributed by atoms with Crippen LogP contribution in [0.25, 0.3) is 0 Å². The summed E-state index contributed by atoms with van der Waals surface area (Å²) >= 11 is 6.26. The quantitative estimate of drug-likeness (QED) is 0.233. The maximum Gasteiger partial charge on any atom is 0.247 e. The highest BCUT2D eigenvalue weighted by Crippen LogP contribution is 2.32. The number of rotatable bonds is 12. The lowest BCUT2D eigenvalue weighted by Crippen LogP contribution is -2.16. The van der Waals surface area contributed by atoms with Gasteiger partial charge in [-0.05, 0) is 57.4 Å². The topological polar surface area (TPSA) is 101 Å². The van der Waals surface area contributed by atoms with E-state index in [0.29, 0.717) is 22.9 Å². The number of halogens is 1. The summed E-state index contributed by atoms with van der Waals surface area (Å²) in [5.74, 6) is 1.20. The zero-order valence-electron chi connectivity index (χ0n) is 20.0. The van der Waals surface area contributed by atoms with Gasteiger partial charge in [0.25, 0.3) is 0 Å². The molecule has 3 N–H and O–H groups in total. The Kier molecular flexibility index (Phi) is 9.28. The van der Waals surface area contributed by atoms with E-state index in [0.717, 1.165) is 25.2 Å². The first-order chi connectivity index (χ1) is 16.9. The van der Waals surface area contributed by atoms with Crippen LogP contribution in [-0.2, 0) is 4.79 Å². The van der Waals surface area contributed by atoms with E-state index < -0.39 is 0 Å². The molecule has 10 heteroatoms. The van der Waals surface area contributed by atoms with Gasteiger partial charge in [0, 0.05) is 30.1 Å². The first-order valence-electron chi connectivity index (χ1n) is 11.0. The number of benzene rings is 2. The summed E-state index contributed by atoms with van der Waals surface area (Å²) in [5, 5.41) is 9.45. The Morgan fingerprint density at radius 3 is 2.77 bits per heavy atom. The van der Waals surface area contributed by atoms with Gasteiger partial charge in [0.15, 0.2) is 0 Å². The second-order valence-corrected chi connectivity index (χ2v) is 8.20. The van der Waals surface area contributed by atoms with Crippen LogP contribution in [0.3, 0.4) is 0 Å². The van der Waals surface area contributed by atoms with E-state index >= 15 is 0 Å². The first kappa shape index (κ1) is 25.8. The number of methoxy groups -OCH3 is 1. The van der Waals surface area contributed by atoms with Crippen molar-refractivity contribution >= 4 is 40.5 Å². The van der Waals surface area contributed by atoms with E-state index in [2.05, 4.69) is 51.5 Å². The van der Waals surface area contributed by atoms with Crippen LogP contribution in [0.1, 0.15) is 6.42 Å². The fourth-order valence-corrected chi connectivity index (χ4v) is 3.21. The van der Waals surface area contributed by atoms with E-state index in [1.54, 1.807) is 31.4 Å². The molecule has 0 spiro atoms. The Bertz CT molecular complexity index is 1170. The third-order valence-corrected chi connectivity index (χ3v) is 5.03. The van der Waals surface area contributed by atoms with Gasteiger partial charge in [-0.25, -0.2) is 4.98 Å². The van der Waals surface area contributed by atoms with E-state index in [9.17, 15) is 4.79 Å². The van der Waals surface area contributed by atoms with Gasteiger partial charge in [0.1, 0.15) is 16.5 Å². The first-order valence-corrected chi connectivity index (χ1v) is 11.3. The van der Waals surface area contributed by atoms with E-state index in [1.165, 1.54) is 12.3 Å². The molecule has 3 aromatic rings. The molecular formula is C25H29ClN6O3. The summed E-state index contributed by atoms with van der Waals surface area (Å²) < 4.78 is 11.4. The third-order valence-electron chi connectivity index (χ3n) is 4.77. The summed E-state index contributed by atoms with van der Waals surface area (Å²) in [4.78, 5) is 22.3. The maximum absolute atomic E-state index is 11.6. The SMILES string of the molecule is C=CC(=O)Nc1cccc(Oc2nc(Nc3ccc(NCCCN(C)C)cc3OC)ncc2Cl)c1. The van der Waals surface area contributed by atoms with Gasteiger partial charge in [-0.3, -0.25) is 4.79 Å². The van der Waals surface area contributed by atoms with Gasteiger partial charge in [0.2, 0.25) is 17.7 Å². The molecule has 0 unspecified atom stereocenters. The summed E-state index contributed by atoms with van der Waals surface area (Å²) in [5.41, 5.74) is 2.19. The van der Waals surface area contributed by atoms with Crippen molar-refractivity contribution in [2.75, 3.05) is 50.2 Å². The number of aromatic nitrogens is 2. The Morgan fingerprint density at radius 2 is 2.03 bits per heavy atom. The summed E-state index contributed by atoms with van der Waals surface area (Å²) in [6.07, 6.45) is 3.66. The molecule has 0 saturated carbocycles. The minimum absolute atomic E-state index is 0.162. The molecule has 0 bridgehead atoms. The van der Waals surface area contributed by atoms with Crippen molar-refractivity contribution in [3.05, 3.63) is 66.3 Å². The Labute approximate surface area is 210 Å². The van der Waals surface area contributed by atoms with Crippen molar-refractivity contribution in [3.8, 4) is 17.4 Å². The van der Waals surface area contributed by atoms with Crippen LogP contribution in [-0.4, -0.2) is 55.1 Å². The molecule has 1 amide bonds. The summed E-state index contributed by atoms with van der Waals surface area (Å²) in [6.45, 7) is 5.31. The number of nitrogens with one attached hydrogen (secondary N) is 3. The smallest absolute Gasteiger partial charge is 0.247 e. The largest absolute Gasteiger partial charge is 0.494 e. The Hall–Kier alpha value is -3.82. The average molecular weight is 497 g/mol. The molecule has 1 heterocycles. The van der Waals surface area contributed by atoms with Gasteiger partial charge < -0.3 is 30.3 Å². The molecule has 2 aromatic carbocycles. The number of carbonyl (C=O) groups is 1. The van der Waals surface area contributed by atoms with Gasteiger partial charge in [0.05, 0.1) is 19.0 Å². The van der Waals surface area contributed by atoms with Crippen LogP contribution in [0.2, 0.25) is 5.02 Å². The number of ether oxygens (including phenoxy) is 2. The van der Waals surface area contributed by atoms with Gasteiger partial charge in [-0.1, -0.05) is 24.2 Å². The molecule has 0 radical (unpaired) electrons. The number of carbonyl (C=O) groups excluding carboxylic acids is 1. The van der Waals surface area contributed by atoms with Crippen LogP contribution >= 0.6 is 11.6 Å². The molecule has 35 heavy (non-hydrogen) atoms. The average Bonchev–Trinajstić information content (AvgIpc) is 2.84. The normalized spacial score (nSPS) is 10.5. The van der Waals surface area contributed by atoms with Gasteiger partial charge in [-0.15, -0.1) is 0 Å². The molecule has 9 nitrogen and oxygen atoms in total. The highest BCUT2D eigenvalue weighted by atomic mass is 35.5. The van der Waals surface area contributed by atoms with Crippen molar-refractivity contribution in [2.45, 2.75) is 6.42 Å². The van der Waals surface area contributed by atoms with Crippen molar-refractivity contribution in [1.82, 2.24) is 14.9 Å². The predicted molar refractivity (Wildman–Crippen MR) is 140 cm³/mol. The fraction of sp³-hybridized carbons (Fsp3) is 0.240. The van der Waals surface area contributed by atoms with Crippen molar-refractivity contribution in [1.29, 1.82) is 0 Å². The molecule has 0 aliphatic heterocycles. The second-order valence-electron chi connectivity index (χ2n) is 7.79. The minimum Gasteiger partial charge on any atom is -0.494 e. The maximum atomic E-state index is 11.6. The zero-order valence-corrected chi connectivity index (χ0v) is 20.7.